The monoisotopic (exact) mass is 501 g/mol. The zero-order valence-electron chi connectivity index (χ0n) is 20.4. The van der Waals surface area contributed by atoms with Gasteiger partial charge >= 0.3 is 0 Å². The van der Waals surface area contributed by atoms with Crippen molar-refractivity contribution in [3.05, 3.63) is 66.3 Å². The van der Waals surface area contributed by atoms with Crippen molar-refractivity contribution in [2.45, 2.75) is 26.8 Å². The number of carbonyl (C=O) groups is 1. The smallest absolute Gasteiger partial charge is 0.251 e. The third-order valence-electron chi connectivity index (χ3n) is 6.14. The summed E-state index contributed by atoms with van der Waals surface area (Å²) in [6.07, 6.45) is 6.59. The van der Waals surface area contributed by atoms with Crippen LogP contribution in [0.15, 0.2) is 60.8 Å². The van der Waals surface area contributed by atoms with Gasteiger partial charge in [0.25, 0.3) is 5.91 Å². The maximum Gasteiger partial charge on any atom is 0.251 e. The van der Waals surface area contributed by atoms with Gasteiger partial charge in [-0.2, -0.15) is 10.2 Å². The minimum absolute atomic E-state index is 0.178. The van der Waals surface area contributed by atoms with Gasteiger partial charge in [-0.15, -0.1) is 11.3 Å². The molecule has 0 aliphatic carbocycles. The maximum absolute atomic E-state index is 13.2. The first-order valence-electron chi connectivity index (χ1n) is 11.8. The molecule has 5 aromatic heterocycles. The Labute approximate surface area is 212 Å². The Morgan fingerprint density at radius 1 is 1.14 bits per heavy atom. The number of amides is 1. The molecule has 0 saturated carbocycles. The molecule has 184 valence electrons. The Balaban J connectivity index is 1.53. The second-order valence-electron chi connectivity index (χ2n) is 8.34. The maximum atomic E-state index is 13.2. The summed E-state index contributed by atoms with van der Waals surface area (Å²) in [6.45, 7) is 8.75. The van der Waals surface area contributed by atoms with E-state index in [2.05, 4.69) is 46.2 Å². The van der Waals surface area contributed by atoms with Crippen molar-refractivity contribution >= 4 is 22.9 Å². The number of hydrogen-bond donors (Lipinski definition) is 1. The van der Waals surface area contributed by atoms with Gasteiger partial charge in [-0.25, -0.2) is 24.1 Å². The summed E-state index contributed by atoms with van der Waals surface area (Å²) in [5, 5.41) is 13.8. The van der Waals surface area contributed by atoms with Crippen molar-refractivity contribution in [1.29, 1.82) is 0 Å². The highest BCUT2D eigenvalue weighted by Gasteiger charge is 2.18. The largest absolute Gasteiger partial charge is 0.350 e. The summed E-state index contributed by atoms with van der Waals surface area (Å²) in [5.41, 5.74) is 3.29. The molecule has 10 nitrogen and oxygen atoms in total. The highest BCUT2D eigenvalue weighted by Crippen LogP contribution is 2.28. The van der Waals surface area contributed by atoms with E-state index in [9.17, 15) is 4.79 Å². The third kappa shape index (κ3) is 4.75. The summed E-state index contributed by atoms with van der Waals surface area (Å²) in [4.78, 5) is 30.2. The molecule has 11 heteroatoms. The average Bonchev–Trinajstić information content (AvgIpc) is 3.69. The van der Waals surface area contributed by atoms with Gasteiger partial charge in [-0.05, 0) is 49.7 Å². The highest BCUT2D eigenvalue weighted by atomic mass is 32.1. The second kappa shape index (κ2) is 10.3. The first kappa shape index (κ1) is 23.8. The van der Waals surface area contributed by atoms with E-state index in [1.54, 1.807) is 40.5 Å². The van der Waals surface area contributed by atoms with Gasteiger partial charge in [0.2, 0.25) is 0 Å². The van der Waals surface area contributed by atoms with E-state index in [0.717, 1.165) is 29.2 Å². The van der Waals surface area contributed by atoms with Crippen LogP contribution in [0.3, 0.4) is 0 Å². The van der Waals surface area contributed by atoms with Crippen LogP contribution in [0.1, 0.15) is 31.1 Å². The molecular formula is C25H27N9OS. The summed E-state index contributed by atoms with van der Waals surface area (Å²) in [5.74, 6) is 0.309. The number of thiophene rings is 1. The lowest BCUT2D eigenvalue weighted by molar-refractivity contribution is 0.0938. The van der Waals surface area contributed by atoms with Gasteiger partial charge in [0.05, 0.1) is 28.0 Å². The molecule has 1 amide bonds. The Kier molecular flexibility index (Phi) is 6.83. The predicted octanol–water partition coefficient (Wildman–Crippen LogP) is 3.56. The van der Waals surface area contributed by atoms with Crippen molar-refractivity contribution in [3.63, 3.8) is 0 Å². The SMILES string of the molecule is CCN(CC)[C@@H](C)CNC(=O)c1cc(-c2cnn3ccc(-c4cccs4)nc23)nc(-n2cncn2)c1. The van der Waals surface area contributed by atoms with E-state index in [1.165, 1.54) is 11.0 Å². The first-order valence-corrected chi connectivity index (χ1v) is 12.7. The number of nitrogens with zero attached hydrogens (tertiary/aromatic N) is 8. The van der Waals surface area contributed by atoms with E-state index in [4.69, 9.17) is 9.97 Å². The van der Waals surface area contributed by atoms with Crippen LogP contribution in [0, 0.1) is 0 Å². The Hall–Kier alpha value is -3.96. The van der Waals surface area contributed by atoms with Gasteiger partial charge in [0.15, 0.2) is 11.5 Å². The molecule has 0 aliphatic heterocycles. The zero-order chi connectivity index (χ0) is 25.1. The minimum Gasteiger partial charge on any atom is -0.350 e. The number of likely N-dealkylation sites (N-methyl/N-ethyl adjacent to an activating group) is 1. The summed E-state index contributed by atoms with van der Waals surface area (Å²) < 4.78 is 3.25. The van der Waals surface area contributed by atoms with Gasteiger partial charge < -0.3 is 5.32 Å². The number of hydrogen-bond acceptors (Lipinski definition) is 8. The van der Waals surface area contributed by atoms with Crippen molar-refractivity contribution in [1.82, 2.24) is 44.6 Å². The molecule has 0 fully saturated rings. The van der Waals surface area contributed by atoms with Gasteiger partial charge in [0, 0.05) is 24.3 Å². The molecule has 1 atom stereocenters. The molecule has 0 aromatic carbocycles. The standard InChI is InChI=1S/C25H27N9OS/c1-4-32(5-2)17(3)13-27-25(35)18-11-21(30-23(12-18)34-16-26-15-29-34)19-14-28-33-9-8-20(31-24(19)33)22-7-6-10-36-22/h6-12,14-17H,4-5,13H2,1-3H3,(H,27,35)/t17-/m0/s1. The van der Waals surface area contributed by atoms with Gasteiger partial charge in [0.1, 0.15) is 12.7 Å². The number of fused-ring (bicyclic) bond motifs is 1. The molecule has 5 aromatic rings. The van der Waals surface area contributed by atoms with Gasteiger partial charge in [-0.3, -0.25) is 9.69 Å². The summed E-state index contributed by atoms with van der Waals surface area (Å²) in [6, 6.07) is 9.67. The van der Waals surface area contributed by atoms with Crippen LogP contribution >= 0.6 is 11.3 Å². The molecule has 0 unspecified atom stereocenters. The van der Waals surface area contributed by atoms with E-state index < -0.39 is 0 Å². The van der Waals surface area contributed by atoms with Crippen LogP contribution in [0.5, 0.6) is 0 Å². The fourth-order valence-electron chi connectivity index (χ4n) is 4.16. The van der Waals surface area contributed by atoms with Crippen LogP contribution in [-0.4, -0.2) is 70.8 Å². The van der Waals surface area contributed by atoms with E-state index in [0.29, 0.717) is 29.3 Å². The van der Waals surface area contributed by atoms with Crippen LogP contribution in [0.25, 0.3) is 33.3 Å². The lowest BCUT2D eigenvalue weighted by Crippen LogP contribution is -2.42. The fourth-order valence-corrected chi connectivity index (χ4v) is 4.85. The normalized spacial score (nSPS) is 12.3. The van der Waals surface area contributed by atoms with Crippen LogP contribution < -0.4 is 5.32 Å². The number of nitrogens with one attached hydrogen (secondary N) is 1. The molecule has 0 spiro atoms. The molecule has 0 saturated heterocycles. The molecule has 0 aliphatic rings. The van der Waals surface area contributed by atoms with Crippen LogP contribution in [-0.2, 0) is 0 Å². The number of pyridine rings is 1. The molecule has 5 rings (SSSR count). The number of carbonyl (C=O) groups excluding carboxylic acids is 1. The van der Waals surface area contributed by atoms with Crippen molar-refractivity contribution in [2.75, 3.05) is 19.6 Å². The molecule has 0 radical (unpaired) electrons. The molecule has 1 N–H and O–H groups in total. The Bertz CT molecular complexity index is 1460. The average molecular weight is 502 g/mol. The second-order valence-corrected chi connectivity index (χ2v) is 9.28. The van der Waals surface area contributed by atoms with Crippen LogP contribution in [0.4, 0.5) is 0 Å². The quantitative estimate of drug-likeness (QED) is 0.329. The lowest BCUT2D eigenvalue weighted by atomic mass is 10.1. The Morgan fingerprint density at radius 2 is 2.00 bits per heavy atom. The minimum atomic E-state index is -0.178. The molecule has 36 heavy (non-hydrogen) atoms. The van der Waals surface area contributed by atoms with Crippen molar-refractivity contribution < 1.29 is 4.79 Å². The van der Waals surface area contributed by atoms with E-state index in [1.807, 2.05) is 29.8 Å². The molecule has 0 bridgehead atoms. The van der Waals surface area contributed by atoms with E-state index in [-0.39, 0.29) is 11.9 Å². The van der Waals surface area contributed by atoms with Crippen molar-refractivity contribution in [2.24, 2.45) is 0 Å². The van der Waals surface area contributed by atoms with Crippen molar-refractivity contribution in [3.8, 4) is 27.6 Å². The van der Waals surface area contributed by atoms with Crippen LogP contribution in [0.2, 0.25) is 0 Å². The highest BCUT2D eigenvalue weighted by molar-refractivity contribution is 7.13. The van der Waals surface area contributed by atoms with Gasteiger partial charge in [-0.1, -0.05) is 19.9 Å². The topological polar surface area (TPSA) is 106 Å². The predicted molar refractivity (Wildman–Crippen MR) is 139 cm³/mol. The zero-order valence-corrected chi connectivity index (χ0v) is 21.2. The third-order valence-corrected chi connectivity index (χ3v) is 7.03. The first-order chi connectivity index (χ1) is 17.6. The lowest BCUT2D eigenvalue weighted by Gasteiger charge is -2.26. The number of aromatic nitrogens is 7. The van der Waals surface area contributed by atoms with E-state index >= 15 is 0 Å². The fraction of sp³-hybridized carbons (Fsp3) is 0.280. The number of rotatable bonds is 9. The Morgan fingerprint density at radius 3 is 2.72 bits per heavy atom. The summed E-state index contributed by atoms with van der Waals surface area (Å²) >= 11 is 1.63. The molecule has 5 heterocycles. The molecular weight excluding hydrogens is 474 g/mol. The summed E-state index contributed by atoms with van der Waals surface area (Å²) in [7, 11) is 0.